The fraction of sp³-hybridized carbons (Fsp3) is 0.433. The van der Waals surface area contributed by atoms with Gasteiger partial charge in [-0.3, -0.25) is 23.1 Å². The Labute approximate surface area is 231 Å². The Balaban J connectivity index is 1.37. The van der Waals surface area contributed by atoms with Crippen molar-refractivity contribution in [2.24, 2.45) is 7.05 Å². The van der Waals surface area contributed by atoms with Crippen LogP contribution in [0, 0.1) is 6.92 Å². The molecular weight excluding hydrogens is 506 g/mol. The average molecular weight is 542 g/mol. The first-order valence-corrected chi connectivity index (χ1v) is 14.2. The van der Waals surface area contributed by atoms with Gasteiger partial charge in [0, 0.05) is 50.0 Å². The van der Waals surface area contributed by atoms with Crippen LogP contribution in [-0.4, -0.2) is 41.6 Å². The second kappa shape index (κ2) is 10.1. The SMILES string of the molecule is CCCn1c(=O)n(CCC)c2cc3c(N4CCC(n5c(=O)c6cc(C)ccc6n(C)c5=O)CC4)nncc3cc21. The Morgan fingerprint density at radius 1 is 0.850 bits per heavy atom. The molecule has 208 valence electrons. The summed E-state index contributed by atoms with van der Waals surface area (Å²) < 4.78 is 6.74. The van der Waals surface area contributed by atoms with E-state index in [9.17, 15) is 14.4 Å². The molecule has 0 bridgehead atoms. The predicted molar refractivity (Wildman–Crippen MR) is 159 cm³/mol. The number of imidazole rings is 1. The molecule has 0 N–H and O–H groups in total. The minimum atomic E-state index is -0.280. The molecule has 1 fully saturated rings. The Hall–Kier alpha value is -4.21. The minimum absolute atomic E-state index is 0.0230. The predicted octanol–water partition coefficient (Wildman–Crippen LogP) is 3.73. The fourth-order valence-electron chi connectivity index (χ4n) is 6.24. The molecule has 40 heavy (non-hydrogen) atoms. The molecule has 10 nitrogen and oxygen atoms in total. The molecular formula is C30H35N7O3. The number of benzene rings is 2. The molecule has 6 rings (SSSR count). The van der Waals surface area contributed by atoms with Crippen molar-refractivity contribution in [1.82, 2.24) is 28.5 Å². The van der Waals surface area contributed by atoms with Crippen molar-refractivity contribution in [1.29, 1.82) is 0 Å². The van der Waals surface area contributed by atoms with Gasteiger partial charge >= 0.3 is 11.4 Å². The Kier molecular flexibility index (Phi) is 6.56. The highest BCUT2D eigenvalue weighted by Crippen LogP contribution is 2.31. The molecule has 0 aliphatic carbocycles. The first kappa shape index (κ1) is 26.0. The first-order valence-electron chi connectivity index (χ1n) is 14.2. The smallest absolute Gasteiger partial charge is 0.331 e. The van der Waals surface area contributed by atoms with Gasteiger partial charge in [0.2, 0.25) is 0 Å². The summed E-state index contributed by atoms with van der Waals surface area (Å²) in [6, 6.07) is 9.56. The summed E-state index contributed by atoms with van der Waals surface area (Å²) >= 11 is 0. The lowest BCUT2D eigenvalue weighted by molar-refractivity contribution is 0.370. The molecule has 10 heteroatoms. The van der Waals surface area contributed by atoms with Gasteiger partial charge in [-0.15, -0.1) is 5.10 Å². The number of nitrogens with zero attached hydrogens (tertiary/aromatic N) is 7. The van der Waals surface area contributed by atoms with E-state index >= 15 is 0 Å². The van der Waals surface area contributed by atoms with Gasteiger partial charge in [-0.05, 0) is 56.9 Å². The number of piperidine rings is 1. The van der Waals surface area contributed by atoms with Crippen molar-refractivity contribution in [3.63, 3.8) is 0 Å². The molecule has 2 aromatic carbocycles. The third-order valence-electron chi connectivity index (χ3n) is 8.26. The summed E-state index contributed by atoms with van der Waals surface area (Å²) in [6.07, 6.45) is 4.77. The summed E-state index contributed by atoms with van der Waals surface area (Å²) in [5.74, 6) is 0.769. The summed E-state index contributed by atoms with van der Waals surface area (Å²) in [6.45, 7) is 8.70. The molecule has 0 amide bonds. The molecule has 1 aliphatic rings. The molecule has 3 aromatic heterocycles. The number of rotatable bonds is 6. The first-order chi connectivity index (χ1) is 19.3. The number of hydrogen-bond donors (Lipinski definition) is 0. The Morgan fingerprint density at radius 3 is 2.20 bits per heavy atom. The van der Waals surface area contributed by atoms with Gasteiger partial charge in [0.15, 0.2) is 5.82 Å². The molecule has 4 heterocycles. The fourth-order valence-corrected chi connectivity index (χ4v) is 6.24. The van der Waals surface area contributed by atoms with Gasteiger partial charge < -0.3 is 4.90 Å². The van der Waals surface area contributed by atoms with Crippen LogP contribution in [0.25, 0.3) is 32.7 Å². The van der Waals surface area contributed by atoms with Gasteiger partial charge in [0.1, 0.15) is 0 Å². The quantitative estimate of drug-likeness (QED) is 0.325. The van der Waals surface area contributed by atoms with Gasteiger partial charge in [-0.25, -0.2) is 9.59 Å². The van der Waals surface area contributed by atoms with Gasteiger partial charge in [0.25, 0.3) is 5.56 Å². The standard InChI is InChI=1S/C30H35N7O3/c1-5-11-35-25-16-20-18-31-32-27(22(20)17-26(25)36(12-6-2)30(35)40)34-13-9-21(10-14-34)37-28(38)23-15-19(3)7-8-24(23)33(4)29(37)39/h7-8,15-18,21H,5-6,9-14H2,1-4H3. The van der Waals surface area contributed by atoms with Crippen molar-refractivity contribution >= 4 is 38.5 Å². The summed E-state index contributed by atoms with van der Waals surface area (Å²) in [4.78, 5) is 42.1. The van der Waals surface area contributed by atoms with Crippen LogP contribution in [0.1, 0.15) is 51.1 Å². The van der Waals surface area contributed by atoms with Gasteiger partial charge in [0.05, 0.1) is 28.1 Å². The van der Waals surface area contributed by atoms with Crippen LogP contribution in [0.5, 0.6) is 0 Å². The van der Waals surface area contributed by atoms with Crippen molar-refractivity contribution < 1.29 is 0 Å². The molecule has 0 unspecified atom stereocenters. The molecule has 0 spiro atoms. The zero-order valence-corrected chi connectivity index (χ0v) is 23.6. The van der Waals surface area contributed by atoms with Crippen molar-refractivity contribution in [3.8, 4) is 0 Å². The van der Waals surface area contributed by atoms with Crippen molar-refractivity contribution in [3.05, 3.63) is 73.4 Å². The highest BCUT2D eigenvalue weighted by Gasteiger charge is 2.27. The number of fused-ring (bicyclic) bond motifs is 3. The molecule has 5 aromatic rings. The van der Waals surface area contributed by atoms with E-state index in [1.807, 2.05) is 34.3 Å². The van der Waals surface area contributed by atoms with E-state index in [0.29, 0.717) is 49.9 Å². The monoisotopic (exact) mass is 541 g/mol. The lowest BCUT2D eigenvalue weighted by Gasteiger charge is -2.33. The van der Waals surface area contributed by atoms with Crippen LogP contribution < -0.4 is 21.8 Å². The third-order valence-corrected chi connectivity index (χ3v) is 8.26. The van der Waals surface area contributed by atoms with Gasteiger partial charge in [-0.1, -0.05) is 25.5 Å². The molecule has 1 saturated heterocycles. The van der Waals surface area contributed by atoms with E-state index in [1.165, 1.54) is 4.57 Å². The number of hydrogen-bond acceptors (Lipinski definition) is 6. The lowest BCUT2D eigenvalue weighted by atomic mass is 10.0. The zero-order valence-electron chi connectivity index (χ0n) is 23.6. The van der Waals surface area contributed by atoms with E-state index in [2.05, 4.69) is 41.1 Å². The van der Waals surface area contributed by atoms with Crippen LogP contribution in [0.2, 0.25) is 0 Å². The average Bonchev–Trinajstić information content (AvgIpc) is 3.21. The normalized spacial score (nSPS) is 14.7. The van der Waals surface area contributed by atoms with Crippen molar-refractivity contribution in [2.45, 2.75) is 65.6 Å². The van der Waals surface area contributed by atoms with Gasteiger partial charge in [-0.2, -0.15) is 5.10 Å². The third kappa shape index (κ3) is 4.04. The van der Waals surface area contributed by atoms with E-state index in [0.717, 1.165) is 46.0 Å². The van der Waals surface area contributed by atoms with Crippen LogP contribution in [0.3, 0.4) is 0 Å². The molecule has 0 atom stereocenters. The summed E-state index contributed by atoms with van der Waals surface area (Å²) in [5, 5.41) is 11.3. The second-order valence-corrected chi connectivity index (χ2v) is 10.9. The van der Waals surface area contributed by atoms with E-state index in [4.69, 9.17) is 0 Å². The number of aryl methyl sites for hydroxylation is 4. The molecule has 1 aliphatic heterocycles. The number of aromatic nitrogens is 6. The van der Waals surface area contributed by atoms with Crippen LogP contribution in [0.4, 0.5) is 5.82 Å². The summed E-state index contributed by atoms with van der Waals surface area (Å²) in [5.41, 5.74) is 3.00. The molecule has 0 saturated carbocycles. The Morgan fingerprint density at radius 2 is 1.52 bits per heavy atom. The molecule has 0 radical (unpaired) electrons. The highest BCUT2D eigenvalue weighted by atomic mass is 16.2. The zero-order chi connectivity index (χ0) is 28.1. The van der Waals surface area contributed by atoms with E-state index < -0.39 is 0 Å². The maximum absolute atomic E-state index is 13.4. The van der Waals surface area contributed by atoms with E-state index in [1.54, 1.807) is 17.8 Å². The van der Waals surface area contributed by atoms with Crippen molar-refractivity contribution in [2.75, 3.05) is 18.0 Å². The highest BCUT2D eigenvalue weighted by molar-refractivity contribution is 6.00. The van der Waals surface area contributed by atoms with Crippen LogP contribution >= 0.6 is 0 Å². The maximum Gasteiger partial charge on any atom is 0.331 e. The second-order valence-electron chi connectivity index (χ2n) is 10.9. The van der Waals surface area contributed by atoms with Crippen LogP contribution in [-0.2, 0) is 20.1 Å². The number of anilines is 1. The summed E-state index contributed by atoms with van der Waals surface area (Å²) in [7, 11) is 1.73. The van der Waals surface area contributed by atoms with E-state index in [-0.39, 0.29) is 23.0 Å². The maximum atomic E-state index is 13.4. The lowest BCUT2D eigenvalue weighted by Crippen LogP contribution is -2.45. The topological polar surface area (TPSA) is 100.0 Å². The Bertz CT molecular complexity index is 1940. The minimum Gasteiger partial charge on any atom is -0.354 e. The largest absolute Gasteiger partial charge is 0.354 e. The van der Waals surface area contributed by atoms with Crippen LogP contribution in [0.15, 0.2) is 50.9 Å².